The summed E-state index contributed by atoms with van der Waals surface area (Å²) >= 11 is 5.73. The van der Waals surface area contributed by atoms with Gasteiger partial charge >= 0.3 is 0 Å². The standard InChI is InChI=1S/C11H17ClN2O/c1-11(2)5-10(3-4-15-11)14-7-9(6-12)13-8-14/h7-8,10H,3-6H2,1-2H3. The Labute approximate surface area is 95.4 Å². The second-order valence-corrected chi connectivity index (χ2v) is 4.97. The van der Waals surface area contributed by atoms with Crippen LogP contribution in [0, 0.1) is 0 Å². The highest BCUT2D eigenvalue weighted by molar-refractivity contribution is 6.16. The van der Waals surface area contributed by atoms with Crippen molar-refractivity contribution in [2.75, 3.05) is 6.61 Å². The number of hydrogen-bond donors (Lipinski definition) is 0. The number of imidazole rings is 1. The predicted molar refractivity (Wildman–Crippen MR) is 60.1 cm³/mol. The Hall–Kier alpha value is -0.540. The summed E-state index contributed by atoms with van der Waals surface area (Å²) in [5.41, 5.74) is 0.926. The van der Waals surface area contributed by atoms with E-state index in [4.69, 9.17) is 16.3 Å². The number of alkyl halides is 1. The number of aromatic nitrogens is 2. The highest BCUT2D eigenvalue weighted by Gasteiger charge is 2.29. The fourth-order valence-corrected chi connectivity index (χ4v) is 2.24. The second kappa shape index (κ2) is 4.14. The molecule has 2 heterocycles. The Kier molecular flexibility index (Phi) is 3.03. The highest BCUT2D eigenvalue weighted by atomic mass is 35.5. The van der Waals surface area contributed by atoms with Crippen LogP contribution < -0.4 is 0 Å². The van der Waals surface area contributed by atoms with Crippen molar-refractivity contribution in [1.29, 1.82) is 0 Å². The van der Waals surface area contributed by atoms with Gasteiger partial charge in [-0.2, -0.15) is 0 Å². The molecule has 0 aliphatic carbocycles. The number of nitrogens with zero attached hydrogens (tertiary/aromatic N) is 2. The van der Waals surface area contributed by atoms with Crippen molar-refractivity contribution in [3.8, 4) is 0 Å². The first-order valence-electron chi connectivity index (χ1n) is 5.33. The Morgan fingerprint density at radius 3 is 3.07 bits per heavy atom. The zero-order valence-corrected chi connectivity index (χ0v) is 10.00. The van der Waals surface area contributed by atoms with E-state index < -0.39 is 0 Å². The maximum atomic E-state index is 5.73. The molecule has 0 aromatic carbocycles. The van der Waals surface area contributed by atoms with Gasteiger partial charge in [0.25, 0.3) is 0 Å². The largest absolute Gasteiger partial charge is 0.375 e. The summed E-state index contributed by atoms with van der Waals surface area (Å²) in [4.78, 5) is 4.25. The van der Waals surface area contributed by atoms with E-state index in [2.05, 4.69) is 23.4 Å². The van der Waals surface area contributed by atoms with Crippen LogP contribution in [0.2, 0.25) is 0 Å². The fraction of sp³-hybridized carbons (Fsp3) is 0.727. The van der Waals surface area contributed by atoms with Crippen molar-refractivity contribution in [2.45, 2.75) is 44.2 Å². The maximum Gasteiger partial charge on any atom is 0.0952 e. The average molecular weight is 229 g/mol. The van der Waals surface area contributed by atoms with Gasteiger partial charge in [-0.3, -0.25) is 0 Å². The molecule has 1 atom stereocenters. The van der Waals surface area contributed by atoms with E-state index in [1.165, 1.54) is 0 Å². The Morgan fingerprint density at radius 2 is 2.47 bits per heavy atom. The normalized spacial score (nSPS) is 25.4. The quantitative estimate of drug-likeness (QED) is 0.728. The lowest BCUT2D eigenvalue weighted by Gasteiger charge is -2.35. The molecular formula is C11H17ClN2O. The van der Waals surface area contributed by atoms with E-state index in [9.17, 15) is 0 Å². The number of rotatable bonds is 2. The minimum Gasteiger partial charge on any atom is -0.375 e. The van der Waals surface area contributed by atoms with Gasteiger partial charge in [-0.1, -0.05) is 0 Å². The SMILES string of the molecule is CC1(C)CC(n2cnc(CCl)c2)CCO1. The Morgan fingerprint density at radius 1 is 1.67 bits per heavy atom. The van der Waals surface area contributed by atoms with Crippen LogP contribution in [0.15, 0.2) is 12.5 Å². The second-order valence-electron chi connectivity index (χ2n) is 4.70. The summed E-state index contributed by atoms with van der Waals surface area (Å²) in [5.74, 6) is 0.486. The maximum absolute atomic E-state index is 5.73. The van der Waals surface area contributed by atoms with Crippen LogP contribution in [-0.4, -0.2) is 21.8 Å². The van der Waals surface area contributed by atoms with Crippen molar-refractivity contribution in [3.63, 3.8) is 0 Å². The molecule has 1 fully saturated rings. The van der Waals surface area contributed by atoms with E-state index in [0.29, 0.717) is 11.9 Å². The van der Waals surface area contributed by atoms with Crippen LogP contribution in [-0.2, 0) is 10.6 Å². The van der Waals surface area contributed by atoms with Gasteiger partial charge in [-0.15, -0.1) is 11.6 Å². The number of hydrogen-bond acceptors (Lipinski definition) is 2. The summed E-state index contributed by atoms with van der Waals surface area (Å²) in [6, 6.07) is 0.498. The summed E-state index contributed by atoms with van der Waals surface area (Å²) in [6.07, 6.45) is 6.01. The molecule has 1 aromatic heterocycles. The first-order valence-corrected chi connectivity index (χ1v) is 5.86. The highest BCUT2D eigenvalue weighted by Crippen LogP contribution is 2.31. The molecule has 0 bridgehead atoms. The molecule has 1 unspecified atom stereocenters. The van der Waals surface area contributed by atoms with Crippen molar-refractivity contribution < 1.29 is 4.74 Å². The first-order chi connectivity index (χ1) is 7.11. The van der Waals surface area contributed by atoms with Gasteiger partial charge in [-0.05, 0) is 26.7 Å². The molecule has 0 N–H and O–H groups in total. The molecule has 1 saturated heterocycles. The summed E-state index contributed by atoms with van der Waals surface area (Å²) in [7, 11) is 0. The average Bonchev–Trinajstić information content (AvgIpc) is 2.64. The molecule has 1 aromatic rings. The zero-order valence-electron chi connectivity index (χ0n) is 9.24. The Bertz CT molecular complexity index is 335. The molecule has 0 amide bonds. The third kappa shape index (κ3) is 2.52. The molecule has 15 heavy (non-hydrogen) atoms. The summed E-state index contributed by atoms with van der Waals surface area (Å²) < 4.78 is 7.86. The minimum absolute atomic E-state index is 0.0195. The predicted octanol–water partition coefficient (Wildman–Crippen LogP) is 2.75. The lowest BCUT2D eigenvalue weighted by Crippen LogP contribution is -2.34. The minimum atomic E-state index is -0.0195. The molecule has 0 radical (unpaired) electrons. The molecule has 4 heteroatoms. The smallest absolute Gasteiger partial charge is 0.0952 e. The van der Waals surface area contributed by atoms with Crippen LogP contribution in [0.5, 0.6) is 0 Å². The van der Waals surface area contributed by atoms with Gasteiger partial charge < -0.3 is 9.30 Å². The lowest BCUT2D eigenvalue weighted by molar-refractivity contribution is -0.0691. The topological polar surface area (TPSA) is 27.1 Å². The van der Waals surface area contributed by atoms with Crippen molar-refractivity contribution in [3.05, 3.63) is 18.2 Å². The number of halogens is 1. The van der Waals surface area contributed by atoms with Gasteiger partial charge in [0.05, 0.1) is 23.5 Å². The van der Waals surface area contributed by atoms with Crippen LogP contribution in [0.3, 0.4) is 0 Å². The van der Waals surface area contributed by atoms with Gasteiger partial charge in [-0.25, -0.2) is 4.98 Å². The molecule has 84 valence electrons. The van der Waals surface area contributed by atoms with Gasteiger partial charge in [0.1, 0.15) is 0 Å². The third-order valence-electron chi connectivity index (χ3n) is 2.88. The summed E-state index contributed by atoms with van der Waals surface area (Å²) in [5, 5.41) is 0. The van der Waals surface area contributed by atoms with E-state index in [1.54, 1.807) is 0 Å². The molecule has 3 nitrogen and oxygen atoms in total. The zero-order chi connectivity index (χ0) is 10.9. The van der Waals surface area contributed by atoms with Crippen LogP contribution >= 0.6 is 11.6 Å². The van der Waals surface area contributed by atoms with Crippen molar-refractivity contribution in [2.24, 2.45) is 0 Å². The molecule has 1 aliphatic heterocycles. The van der Waals surface area contributed by atoms with Crippen molar-refractivity contribution in [1.82, 2.24) is 9.55 Å². The summed E-state index contributed by atoms with van der Waals surface area (Å²) in [6.45, 7) is 5.10. The van der Waals surface area contributed by atoms with E-state index in [-0.39, 0.29) is 5.60 Å². The van der Waals surface area contributed by atoms with Crippen molar-refractivity contribution >= 4 is 11.6 Å². The molecule has 0 spiro atoms. The lowest BCUT2D eigenvalue weighted by atomic mass is 9.94. The monoisotopic (exact) mass is 228 g/mol. The Balaban J connectivity index is 2.10. The van der Waals surface area contributed by atoms with Gasteiger partial charge in [0.15, 0.2) is 0 Å². The molecule has 0 saturated carbocycles. The first kappa shape index (κ1) is 11.0. The number of ether oxygens (including phenoxy) is 1. The van der Waals surface area contributed by atoms with Gasteiger partial charge in [0.2, 0.25) is 0 Å². The third-order valence-corrected chi connectivity index (χ3v) is 3.16. The van der Waals surface area contributed by atoms with E-state index in [1.807, 2.05) is 12.5 Å². The van der Waals surface area contributed by atoms with Crippen LogP contribution in [0.4, 0.5) is 0 Å². The van der Waals surface area contributed by atoms with E-state index >= 15 is 0 Å². The van der Waals surface area contributed by atoms with Crippen LogP contribution in [0.25, 0.3) is 0 Å². The molecule has 1 aliphatic rings. The van der Waals surface area contributed by atoms with Crippen LogP contribution in [0.1, 0.15) is 38.4 Å². The molecule has 2 rings (SSSR count). The fourth-order valence-electron chi connectivity index (χ4n) is 2.10. The van der Waals surface area contributed by atoms with Gasteiger partial charge in [0, 0.05) is 18.8 Å². The molecular weight excluding hydrogens is 212 g/mol. The van der Waals surface area contributed by atoms with E-state index in [0.717, 1.165) is 25.1 Å².